The van der Waals surface area contributed by atoms with Gasteiger partial charge in [0.2, 0.25) is 0 Å². The summed E-state index contributed by atoms with van der Waals surface area (Å²) >= 11 is 0. The summed E-state index contributed by atoms with van der Waals surface area (Å²) in [6, 6.07) is 0. The van der Waals surface area contributed by atoms with Crippen molar-refractivity contribution in [1.82, 2.24) is 0 Å². The van der Waals surface area contributed by atoms with Gasteiger partial charge >= 0.3 is 0 Å². The van der Waals surface area contributed by atoms with E-state index < -0.39 is 11.4 Å². The molecule has 1 heterocycles. The van der Waals surface area contributed by atoms with E-state index in [1.807, 2.05) is 26.8 Å². The van der Waals surface area contributed by atoms with E-state index in [2.05, 4.69) is 13.8 Å². The minimum Gasteiger partial charge on any atom is -0.385 e. The van der Waals surface area contributed by atoms with Gasteiger partial charge in [0.15, 0.2) is 5.79 Å². The third-order valence-corrected chi connectivity index (χ3v) is 4.17. The Labute approximate surface area is 97.4 Å². The van der Waals surface area contributed by atoms with E-state index >= 15 is 0 Å². The van der Waals surface area contributed by atoms with E-state index in [1.54, 1.807) is 0 Å². The predicted molar refractivity (Wildman–Crippen MR) is 62.0 cm³/mol. The summed E-state index contributed by atoms with van der Waals surface area (Å²) in [4.78, 5) is 0. The first-order valence-electron chi connectivity index (χ1n) is 5.93. The van der Waals surface area contributed by atoms with E-state index in [9.17, 15) is 5.11 Å². The first-order valence-corrected chi connectivity index (χ1v) is 5.93. The second-order valence-electron chi connectivity index (χ2n) is 6.01. The number of hydrogen-bond acceptors (Lipinski definition) is 3. The van der Waals surface area contributed by atoms with E-state index in [0.717, 1.165) is 5.57 Å². The topological polar surface area (TPSA) is 38.7 Å². The molecule has 16 heavy (non-hydrogen) atoms. The van der Waals surface area contributed by atoms with E-state index in [1.165, 1.54) is 0 Å². The molecular weight excluding hydrogens is 204 g/mol. The molecule has 1 saturated heterocycles. The zero-order valence-electron chi connectivity index (χ0n) is 10.8. The first-order chi connectivity index (χ1) is 7.19. The Kier molecular flexibility index (Phi) is 2.50. The third kappa shape index (κ3) is 1.62. The molecule has 92 valence electrons. The Hall–Kier alpha value is -0.380. The highest BCUT2D eigenvalue weighted by Gasteiger charge is 2.53. The van der Waals surface area contributed by atoms with Gasteiger partial charge in [-0.05, 0) is 32.4 Å². The highest BCUT2D eigenvalue weighted by molar-refractivity contribution is 5.26. The lowest BCUT2D eigenvalue weighted by atomic mass is 9.64. The van der Waals surface area contributed by atoms with Crippen molar-refractivity contribution >= 4 is 0 Å². The van der Waals surface area contributed by atoms with Crippen LogP contribution in [0.1, 0.15) is 41.0 Å². The summed E-state index contributed by atoms with van der Waals surface area (Å²) < 4.78 is 11.7. The fourth-order valence-electron chi connectivity index (χ4n) is 2.68. The average Bonchev–Trinajstić information content (AvgIpc) is 2.43. The number of hydrogen-bond donors (Lipinski definition) is 1. The van der Waals surface area contributed by atoms with Crippen molar-refractivity contribution < 1.29 is 14.6 Å². The molecule has 0 bridgehead atoms. The zero-order valence-corrected chi connectivity index (χ0v) is 10.8. The van der Waals surface area contributed by atoms with Gasteiger partial charge in [0.1, 0.15) is 0 Å². The fraction of sp³-hybridized carbons (Fsp3) is 0.846. The van der Waals surface area contributed by atoms with E-state index in [0.29, 0.717) is 13.0 Å². The average molecular weight is 226 g/mol. The Morgan fingerprint density at radius 1 is 1.38 bits per heavy atom. The molecule has 2 aliphatic rings. The van der Waals surface area contributed by atoms with Crippen molar-refractivity contribution in [2.24, 2.45) is 5.41 Å². The fourth-order valence-corrected chi connectivity index (χ4v) is 2.68. The SMILES string of the molecule is CC1=CC2(CC(C)(C)C1(C)O)OCC(C)O2. The highest BCUT2D eigenvalue weighted by Crippen LogP contribution is 2.50. The minimum absolute atomic E-state index is 0.128. The normalized spacial score (nSPS) is 47.1. The van der Waals surface area contributed by atoms with E-state index in [-0.39, 0.29) is 11.5 Å². The summed E-state index contributed by atoms with van der Waals surface area (Å²) in [6.45, 7) is 10.6. The lowest BCUT2D eigenvalue weighted by Gasteiger charge is -2.49. The van der Waals surface area contributed by atoms with Crippen molar-refractivity contribution in [3.8, 4) is 0 Å². The maximum absolute atomic E-state index is 10.5. The highest BCUT2D eigenvalue weighted by atomic mass is 16.7. The van der Waals surface area contributed by atoms with Crippen LogP contribution in [0.2, 0.25) is 0 Å². The maximum atomic E-state index is 10.5. The van der Waals surface area contributed by atoms with Gasteiger partial charge in [0.25, 0.3) is 0 Å². The van der Waals surface area contributed by atoms with Crippen LogP contribution >= 0.6 is 0 Å². The van der Waals surface area contributed by atoms with Gasteiger partial charge in [-0.25, -0.2) is 0 Å². The van der Waals surface area contributed by atoms with E-state index in [4.69, 9.17) is 9.47 Å². The zero-order chi connectivity index (χ0) is 12.2. The number of aliphatic hydroxyl groups is 1. The molecule has 0 aromatic heterocycles. The Bertz CT molecular complexity index is 330. The second kappa shape index (κ2) is 3.31. The summed E-state index contributed by atoms with van der Waals surface area (Å²) in [5.74, 6) is -0.616. The monoisotopic (exact) mass is 226 g/mol. The van der Waals surface area contributed by atoms with Crippen molar-refractivity contribution in [2.75, 3.05) is 6.61 Å². The Morgan fingerprint density at radius 2 is 2.00 bits per heavy atom. The molecular formula is C13H22O3. The van der Waals surface area contributed by atoms with Crippen LogP contribution < -0.4 is 0 Å². The van der Waals surface area contributed by atoms with Crippen molar-refractivity contribution in [2.45, 2.75) is 58.5 Å². The number of rotatable bonds is 0. The van der Waals surface area contributed by atoms with Gasteiger partial charge in [-0.3, -0.25) is 0 Å². The molecule has 0 amide bonds. The quantitative estimate of drug-likeness (QED) is 0.644. The Balaban J connectivity index is 2.38. The molecule has 1 aliphatic heterocycles. The van der Waals surface area contributed by atoms with Crippen LogP contribution in [-0.4, -0.2) is 29.2 Å². The first kappa shape index (κ1) is 12.1. The smallest absolute Gasteiger partial charge is 0.189 e. The van der Waals surface area contributed by atoms with Gasteiger partial charge in [0.05, 0.1) is 18.3 Å². The molecule has 3 heteroatoms. The molecule has 0 radical (unpaired) electrons. The number of ether oxygens (including phenoxy) is 2. The van der Waals surface area contributed by atoms with Crippen molar-refractivity contribution in [3.05, 3.63) is 11.6 Å². The predicted octanol–water partition coefficient (Wildman–Crippen LogP) is 2.25. The van der Waals surface area contributed by atoms with Crippen molar-refractivity contribution in [1.29, 1.82) is 0 Å². The molecule has 1 N–H and O–H groups in total. The van der Waals surface area contributed by atoms with Gasteiger partial charge < -0.3 is 14.6 Å². The molecule has 2 rings (SSSR count). The standard InChI is InChI=1S/C13H22O3/c1-9-6-13(15-7-10(2)16-13)8-11(3,4)12(9,5)14/h6,10,14H,7-8H2,1-5H3. The van der Waals surface area contributed by atoms with Gasteiger partial charge in [-0.1, -0.05) is 13.8 Å². The van der Waals surface area contributed by atoms with Crippen LogP contribution in [0.25, 0.3) is 0 Å². The van der Waals surface area contributed by atoms with Gasteiger partial charge in [-0.2, -0.15) is 0 Å². The molecule has 1 aliphatic carbocycles. The summed E-state index contributed by atoms with van der Waals surface area (Å²) in [6.07, 6.45) is 2.76. The molecule has 1 fully saturated rings. The summed E-state index contributed by atoms with van der Waals surface area (Å²) in [7, 11) is 0. The van der Waals surface area contributed by atoms with Crippen LogP contribution in [0.4, 0.5) is 0 Å². The molecule has 0 aromatic carbocycles. The lowest BCUT2D eigenvalue weighted by molar-refractivity contribution is -0.183. The van der Waals surface area contributed by atoms with Crippen LogP contribution in [0, 0.1) is 5.41 Å². The molecule has 3 unspecified atom stereocenters. The summed E-state index contributed by atoms with van der Waals surface area (Å²) in [5, 5.41) is 10.5. The lowest BCUT2D eigenvalue weighted by Crippen LogP contribution is -2.52. The van der Waals surface area contributed by atoms with Crippen molar-refractivity contribution in [3.63, 3.8) is 0 Å². The van der Waals surface area contributed by atoms with Crippen LogP contribution in [-0.2, 0) is 9.47 Å². The molecule has 0 aromatic rings. The summed E-state index contributed by atoms with van der Waals surface area (Å²) in [5.41, 5.74) is -0.120. The van der Waals surface area contributed by atoms with Gasteiger partial charge in [0, 0.05) is 11.8 Å². The van der Waals surface area contributed by atoms with Crippen LogP contribution in [0.5, 0.6) is 0 Å². The molecule has 3 atom stereocenters. The third-order valence-electron chi connectivity index (χ3n) is 4.17. The molecule has 1 spiro atoms. The minimum atomic E-state index is -0.795. The van der Waals surface area contributed by atoms with Gasteiger partial charge in [-0.15, -0.1) is 0 Å². The van der Waals surface area contributed by atoms with Crippen LogP contribution in [0.3, 0.4) is 0 Å². The Morgan fingerprint density at radius 3 is 2.44 bits per heavy atom. The van der Waals surface area contributed by atoms with Crippen LogP contribution in [0.15, 0.2) is 11.6 Å². The second-order valence-corrected chi connectivity index (χ2v) is 6.01. The molecule has 0 saturated carbocycles. The largest absolute Gasteiger partial charge is 0.385 e. The maximum Gasteiger partial charge on any atom is 0.189 e. The molecule has 3 nitrogen and oxygen atoms in total.